The van der Waals surface area contributed by atoms with Crippen LogP contribution in [0.15, 0.2) is 42.7 Å². The van der Waals surface area contributed by atoms with Crippen LogP contribution in [0.4, 0.5) is 4.79 Å². The number of hydrogen-bond acceptors (Lipinski definition) is 3. The molecule has 0 bridgehead atoms. The third-order valence-electron chi connectivity index (χ3n) is 6.36. The second-order valence-corrected chi connectivity index (χ2v) is 13.8. The Kier molecular flexibility index (Phi) is 12.2. The largest absolute Gasteiger partial charge is 0.418 e. The average molecular weight is 448 g/mol. The molecule has 0 N–H and O–H groups in total. The third-order valence-corrected chi connectivity index (χ3v) is 11.0. The Morgan fingerprint density at radius 3 is 2.00 bits per heavy atom. The van der Waals surface area contributed by atoms with E-state index in [9.17, 15) is 4.79 Å². The highest BCUT2D eigenvalue weighted by atomic mass is 28.4. The first-order valence-electron chi connectivity index (χ1n) is 12.1. The Hall–Kier alpha value is -1.59. The van der Waals surface area contributed by atoms with Crippen molar-refractivity contribution < 1.29 is 14.0 Å². The molecule has 2 atom stereocenters. The van der Waals surface area contributed by atoms with E-state index in [4.69, 9.17) is 9.16 Å². The number of ether oxygens (including phenoxy) is 1. The summed E-state index contributed by atoms with van der Waals surface area (Å²) in [6.45, 7) is 17.0. The molecule has 0 spiro atoms. The van der Waals surface area contributed by atoms with Gasteiger partial charge in [-0.15, -0.1) is 0 Å². The molecule has 0 saturated carbocycles. The fraction of sp³-hybridized carbons (Fsp3) is 0.654. The number of carbonyl (C=O) groups excluding carboxylic acids is 1. The van der Waals surface area contributed by atoms with Gasteiger partial charge in [0.25, 0.3) is 0 Å². The second-order valence-electron chi connectivity index (χ2n) is 9.09. The Morgan fingerprint density at radius 2 is 1.52 bits per heavy atom. The molecule has 0 saturated heterocycles. The van der Waals surface area contributed by atoms with Crippen molar-refractivity contribution in [2.24, 2.45) is 5.92 Å². The van der Waals surface area contributed by atoms with Crippen LogP contribution in [0.2, 0.25) is 18.1 Å². The van der Waals surface area contributed by atoms with Gasteiger partial charge in [-0.3, -0.25) is 0 Å². The summed E-state index contributed by atoms with van der Waals surface area (Å²) in [6.07, 6.45) is 5.33. The van der Waals surface area contributed by atoms with Crippen LogP contribution in [-0.4, -0.2) is 37.5 Å². The maximum atomic E-state index is 12.5. The predicted octanol–water partition coefficient (Wildman–Crippen LogP) is 7.41. The van der Waals surface area contributed by atoms with Gasteiger partial charge in [0.15, 0.2) is 8.32 Å². The first kappa shape index (κ1) is 27.4. The number of rotatable bonds is 13. The maximum Gasteiger partial charge on any atom is 0.415 e. The lowest BCUT2D eigenvalue weighted by Gasteiger charge is -2.35. The van der Waals surface area contributed by atoms with Crippen molar-refractivity contribution in [3.05, 3.63) is 48.2 Å². The molecule has 0 aromatic heterocycles. The number of amides is 1. The van der Waals surface area contributed by atoms with Gasteiger partial charge < -0.3 is 14.1 Å². The van der Waals surface area contributed by atoms with Crippen molar-refractivity contribution in [1.29, 1.82) is 0 Å². The summed E-state index contributed by atoms with van der Waals surface area (Å²) < 4.78 is 12.4. The van der Waals surface area contributed by atoms with E-state index < -0.39 is 8.32 Å². The van der Waals surface area contributed by atoms with E-state index >= 15 is 0 Å². The number of benzene rings is 1. The number of carbonyl (C=O) groups is 1. The summed E-state index contributed by atoms with van der Waals surface area (Å²) in [5.74, 6) is 0.166. The molecule has 0 aliphatic heterocycles. The molecule has 176 valence electrons. The number of nitrogens with zero attached hydrogens (tertiary/aromatic N) is 1. The molecule has 5 heteroatoms. The molecule has 0 aliphatic carbocycles. The zero-order chi connectivity index (χ0) is 23.4. The van der Waals surface area contributed by atoms with Crippen LogP contribution in [0.1, 0.15) is 67.4 Å². The molecule has 0 radical (unpaired) electrons. The minimum Gasteiger partial charge on any atom is -0.418 e. The fourth-order valence-corrected chi connectivity index (χ4v) is 7.10. The molecule has 0 unspecified atom stereocenters. The van der Waals surface area contributed by atoms with Crippen LogP contribution >= 0.6 is 0 Å². The molecular weight excluding hydrogens is 402 g/mol. The summed E-state index contributed by atoms with van der Waals surface area (Å²) >= 11 is 0. The highest BCUT2D eigenvalue weighted by Gasteiger charge is 2.33. The van der Waals surface area contributed by atoms with Crippen LogP contribution in [0.3, 0.4) is 0 Å². The summed E-state index contributed by atoms with van der Waals surface area (Å²) in [4.78, 5) is 14.2. The minimum atomic E-state index is -1.74. The smallest absolute Gasteiger partial charge is 0.415 e. The van der Waals surface area contributed by atoms with Crippen molar-refractivity contribution in [3.63, 3.8) is 0 Å². The molecule has 1 aromatic carbocycles. The molecule has 1 rings (SSSR count). The monoisotopic (exact) mass is 447 g/mol. The molecule has 0 aliphatic rings. The maximum absolute atomic E-state index is 12.5. The van der Waals surface area contributed by atoms with Gasteiger partial charge >= 0.3 is 6.09 Å². The van der Waals surface area contributed by atoms with E-state index in [0.717, 1.165) is 31.0 Å². The van der Waals surface area contributed by atoms with E-state index in [1.165, 1.54) is 5.56 Å². The minimum absolute atomic E-state index is 0.102. The van der Waals surface area contributed by atoms with Crippen molar-refractivity contribution in [2.45, 2.75) is 105 Å². The quantitative estimate of drug-likeness (QED) is 0.233. The Balaban J connectivity index is 2.89. The lowest BCUT2D eigenvalue weighted by molar-refractivity contribution is 0.107. The highest BCUT2D eigenvalue weighted by molar-refractivity contribution is 6.73. The van der Waals surface area contributed by atoms with E-state index in [0.29, 0.717) is 0 Å². The number of aryl methyl sites for hydroxylation is 1. The van der Waals surface area contributed by atoms with E-state index in [1.807, 2.05) is 33.8 Å². The summed E-state index contributed by atoms with van der Waals surface area (Å²) in [5.41, 5.74) is 1.33. The summed E-state index contributed by atoms with van der Waals surface area (Å²) in [5, 5.41) is 0. The van der Waals surface area contributed by atoms with Crippen LogP contribution in [0, 0.1) is 5.92 Å². The zero-order valence-electron chi connectivity index (χ0n) is 21.1. The zero-order valence-corrected chi connectivity index (χ0v) is 22.1. The molecule has 1 amide bonds. The predicted molar refractivity (Wildman–Crippen MR) is 134 cm³/mol. The Morgan fingerprint density at radius 1 is 0.968 bits per heavy atom. The molecule has 31 heavy (non-hydrogen) atoms. The molecule has 0 fully saturated rings. The SMILES string of the molecule is CC[Si](CC)(CC)O[C@H](CCc1ccccc1)[C@@H](C)/C=C\OC(=O)N(C(C)C)C(C)C. The van der Waals surface area contributed by atoms with Crippen molar-refractivity contribution in [1.82, 2.24) is 4.90 Å². The molecule has 1 aromatic rings. The molecule has 4 nitrogen and oxygen atoms in total. The molecule has 0 heterocycles. The van der Waals surface area contributed by atoms with Crippen LogP contribution < -0.4 is 0 Å². The van der Waals surface area contributed by atoms with Gasteiger partial charge in [-0.1, -0.05) is 58.0 Å². The van der Waals surface area contributed by atoms with Gasteiger partial charge in [-0.05, 0) is 70.3 Å². The Labute approximate surface area is 192 Å². The van der Waals surface area contributed by atoms with E-state index in [1.54, 1.807) is 11.2 Å². The summed E-state index contributed by atoms with van der Waals surface area (Å²) in [6, 6.07) is 14.2. The van der Waals surface area contributed by atoms with E-state index in [2.05, 4.69) is 58.0 Å². The van der Waals surface area contributed by atoms with Crippen molar-refractivity contribution >= 4 is 14.4 Å². The third kappa shape index (κ3) is 8.81. The van der Waals surface area contributed by atoms with Crippen LogP contribution in [-0.2, 0) is 15.6 Å². The average Bonchev–Trinajstić information content (AvgIpc) is 2.74. The topological polar surface area (TPSA) is 38.8 Å². The normalized spacial score (nSPS) is 14.3. The Bertz CT molecular complexity index is 640. The first-order valence-corrected chi connectivity index (χ1v) is 14.6. The lowest BCUT2D eigenvalue weighted by atomic mass is 9.98. The van der Waals surface area contributed by atoms with Gasteiger partial charge in [0.1, 0.15) is 0 Å². The second kappa shape index (κ2) is 13.7. The van der Waals surface area contributed by atoms with Gasteiger partial charge in [0, 0.05) is 18.0 Å². The lowest BCUT2D eigenvalue weighted by Crippen LogP contribution is -2.42. The first-order chi connectivity index (χ1) is 14.7. The number of hydrogen-bond donors (Lipinski definition) is 0. The fourth-order valence-electron chi connectivity index (χ4n) is 4.13. The van der Waals surface area contributed by atoms with Gasteiger partial charge in [-0.25, -0.2) is 4.79 Å². The van der Waals surface area contributed by atoms with E-state index in [-0.39, 0.29) is 30.2 Å². The van der Waals surface area contributed by atoms with Crippen molar-refractivity contribution in [2.75, 3.05) is 0 Å². The van der Waals surface area contributed by atoms with Crippen molar-refractivity contribution in [3.8, 4) is 0 Å². The van der Waals surface area contributed by atoms with Gasteiger partial charge in [0.2, 0.25) is 0 Å². The standard InChI is InChI=1S/C26H45NO3Si/c1-9-31(10-2,11-3)30-25(18-17-24-15-13-12-14-16-24)23(8)19-20-29-26(28)27(21(4)5)22(6)7/h12-16,19-23,25H,9-11,17-18H2,1-8H3/b20-19-/t23-,25+/m0/s1. The summed E-state index contributed by atoms with van der Waals surface area (Å²) in [7, 11) is -1.74. The highest BCUT2D eigenvalue weighted by Crippen LogP contribution is 2.28. The molecular formula is C26H45NO3Si. The van der Waals surface area contributed by atoms with Crippen LogP contribution in [0.25, 0.3) is 0 Å². The van der Waals surface area contributed by atoms with Gasteiger partial charge in [0.05, 0.1) is 12.4 Å². The van der Waals surface area contributed by atoms with Crippen LogP contribution in [0.5, 0.6) is 0 Å². The van der Waals surface area contributed by atoms with Gasteiger partial charge in [-0.2, -0.15) is 0 Å².